The van der Waals surface area contributed by atoms with Gasteiger partial charge in [0.25, 0.3) is 5.91 Å². The second-order valence-electron chi connectivity index (χ2n) is 9.94. The molecule has 0 unspecified atom stereocenters. The SMILES string of the molecule is Cc1cccc([C@@H](CO)NC(=O)[C@@H](C)N2Cc3ccc(-c4nc(NC5CCCC5)ncc4Cl)cc3C2=O)n1. The predicted octanol–water partition coefficient (Wildman–Crippen LogP) is 4.05. The Morgan fingerprint density at radius 2 is 2.00 bits per heavy atom. The van der Waals surface area contributed by atoms with Crippen LogP contribution in [0.25, 0.3) is 11.3 Å². The van der Waals surface area contributed by atoms with Gasteiger partial charge >= 0.3 is 0 Å². The molecule has 1 aromatic carbocycles. The number of fused-ring (bicyclic) bond motifs is 1. The van der Waals surface area contributed by atoms with E-state index in [1.54, 1.807) is 25.3 Å². The van der Waals surface area contributed by atoms with Crippen molar-refractivity contribution < 1.29 is 14.7 Å². The number of nitrogens with zero attached hydrogens (tertiary/aromatic N) is 4. The quantitative estimate of drug-likeness (QED) is 0.398. The number of hydrogen-bond donors (Lipinski definition) is 3. The molecule has 0 saturated heterocycles. The van der Waals surface area contributed by atoms with E-state index < -0.39 is 12.1 Å². The van der Waals surface area contributed by atoms with Crippen molar-refractivity contribution in [2.45, 2.75) is 64.2 Å². The molecule has 0 radical (unpaired) electrons. The van der Waals surface area contributed by atoms with E-state index in [1.807, 2.05) is 31.2 Å². The highest BCUT2D eigenvalue weighted by Gasteiger charge is 2.35. The topological polar surface area (TPSA) is 120 Å². The number of aliphatic hydroxyl groups is 1. The van der Waals surface area contributed by atoms with Crippen LogP contribution in [0.2, 0.25) is 5.02 Å². The highest BCUT2D eigenvalue weighted by molar-refractivity contribution is 6.33. The second-order valence-corrected chi connectivity index (χ2v) is 10.4. The fourth-order valence-electron chi connectivity index (χ4n) is 5.08. The van der Waals surface area contributed by atoms with E-state index in [-0.39, 0.29) is 18.4 Å². The summed E-state index contributed by atoms with van der Waals surface area (Å²) in [6, 6.07) is 9.92. The molecule has 9 nitrogen and oxygen atoms in total. The molecule has 3 aromatic rings. The number of aliphatic hydroxyl groups excluding tert-OH is 1. The van der Waals surface area contributed by atoms with E-state index >= 15 is 0 Å². The van der Waals surface area contributed by atoms with Crippen molar-refractivity contribution >= 4 is 29.4 Å². The molecule has 0 bridgehead atoms. The lowest BCUT2D eigenvalue weighted by molar-refractivity contribution is -0.126. The Bertz CT molecular complexity index is 1360. The summed E-state index contributed by atoms with van der Waals surface area (Å²) in [7, 11) is 0. The van der Waals surface area contributed by atoms with Crippen LogP contribution in [0.5, 0.6) is 0 Å². The normalized spacial score (nSPS) is 16.8. The Hall–Kier alpha value is -3.56. The molecule has 3 heterocycles. The lowest BCUT2D eigenvalue weighted by atomic mass is 10.0. The van der Waals surface area contributed by atoms with Gasteiger partial charge in [-0.3, -0.25) is 14.6 Å². The third-order valence-electron chi connectivity index (χ3n) is 7.26. The Morgan fingerprint density at radius 1 is 1.21 bits per heavy atom. The van der Waals surface area contributed by atoms with Gasteiger partial charge in [-0.15, -0.1) is 0 Å². The minimum atomic E-state index is -0.748. The number of nitrogens with one attached hydrogen (secondary N) is 2. The Morgan fingerprint density at radius 3 is 2.74 bits per heavy atom. The molecular weight excluding hydrogens is 504 g/mol. The summed E-state index contributed by atoms with van der Waals surface area (Å²) < 4.78 is 0. The second kappa shape index (κ2) is 11.0. The molecule has 2 aromatic heterocycles. The van der Waals surface area contributed by atoms with E-state index in [9.17, 15) is 14.7 Å². The summed E-state index contributed by atoms with van der Waals surface area (Å²) in [5, 5.41) is 16.5. The van der Waals surface area contributed by atoms with Gasteiger partial charge in [-0.2, -0.15) is 0 Å². The lowest BCUT2D eigenvalue weighted by Crippen LogP contribution is -2.46. The zero-order valence-electron chi connectivity index (χ0n) is 21.4. The summed E-state index contributed by atoms with van der Waals surface area (Å²) in [6.45, 7) is 3.53. The summed E-state index contributed by atoms with van der Waals surface area (Å²) >= 11 is 6.45. The van der Waals surface area contributed by atoms with Gasteiger partial charge in [0.2, 0.25) is 11.9 Å². The molecule has 198 valence electrons. The van der Waals surface area contributed by atoms with Crippen molar-refractivity contribution in [1.29, 1.82) is 0 Å². The molecule has 1 saturated carbocycles. The molecule has 2 aliphatic rings. The van der Waals surface area contributed by atoms with Crippen LogP contribution in [0, 0.1) is 6.92 Å². The summed E-state index contributed by atoms with van der Waals surface area (Å²) in [4.78, 5) is 41.4. The number of carbonyl (C=O) groups is 2. The van der Waals surface area contributed by atoms with Gasteiger partial charge < -0.3 is 20.6 Å². The standard InChI is InChI=1S/C28H31ClN6O3/c1-16-6-5-9-23(31-16)24(15-36)33-26(37)17(2)35-14-19-11-10-18(12-21(19)27(35)38)25-22(29)13-30-28(34-25)32-20-7-3-4-8-20/h5-6,9-13,17,20,24,36H,3-4,7-8,14-15H2,1-2H3,(H,33,37)(H,30,32,34)/t17-,24-/m1/s1. The molecule has 10 heteroatoms. The average Bonchev–Trinajstić information content (AvgIpc) is 3.55. The zero-order valence-corrected chi connectivity index (χ0v) is 22.2. The smallest absolute Gasteiger partial charge is 0.255 e. The monoisotopic (exact) mass is 534 g/mol. The number of pyridine rings is 1. The van der Waals surface area contributed by atoms with Crippen LogP contribution in [0.1, 0.15) is 66.0 Å². The maximum absolute atomic E-state index is 13.4. The van der Waals surface area contributed by atoms with Crippen molar-refractivity contribution in [2.75, 3.05) is 11.9 Å². The Balaban J connectivity index is 1.32. The Kier molecular flexibility index (Phi) is 7.58. The molecule has 38 heavy (non-hydrogen) atoms. The lowest BCUT2D eigenvalue weighted by Gasteiger charge is -2.25. The van der Waals surface area contributed by atoms with Gasteiger partial charge in [0.1, 0.15) is 6.04 Å². The van der Waals surface area contributed by atoms with Crippen LogP contribution in [-0.4, -0.2) is 55.5 Å². The van der Waals surface area contributed by atoms with E-state index in [0.29, 0.717) is 46.1 Å². The number of aromatic nitrogens is 3. The number of aryl methyl sites for hydroxylation is 1. The highest BCUT2D eigenvalue weighted by Crippen LogP contribution is 2.33. The fraction of sp³-hybridized carbons (Fsp3) is 0.393. The van der Waals surface area contributed by atoms with Crippen LogP contribution in [0.15, 0.2) is 42.6 Å². The Labute approximate surface area is 226 Å². The molecular formula is C28H31ClN6O3. The van der Waals surface area contributed by atoms with Gasteiger partial charge in [0.05, 0.1) is 35.3 Å². The molecule has 1 fully saturated rings. The number of benzene rings is 1. The number of hydrogen-bond acceptors (Lipinski definition) is 7. The van der Waals surface area contributed by atoms with Crippen molar-refractivity contribution in [3.8, 4) is 11.3 Å². The third kappa shape index (κ3) is 5.35. The van der Waals surface area contributed by atoms with E-state index in [2.05, 4.69) is 25.6 Å². The van der Waals surface area contributed by atoms with Crippen molar-refractivity contribution in [3.05, 3.63) is 70.1 Å². The molecule has 1 aliphatic heterocycles. The van der Waals surface area contributed by atoms with Crippen LogP contribution in [-0.2, 0) is 11.3 Å². The summed E-state index contributed by atoms with van der Waals surface area (Å²) in [5.41, 5.74) is 3.96. The largest absolute Gasteiger partial charge is 0.394 e. The maximum atomic E-state index is 13.4. The van der Waals surface area contributed by atoms with Crippen molar-refractivity contribution in [1.82, 2.24) is 25.2 Å². The molecule has 1 aliphatic carbocycles. The minimum Gasteiger partial charge on any atom is -0.394 e. The van der Waals surface area contributed by atoms with Crippen molar-refractivity contribution in [2.24, 2.45) is 0 Å². The van der Waals surface area contributed by atoms with Gasteiger partial charge in [-0.25, -0.2) is 9.97 Å². The number of rotatable bonds is 8. The molecule has 5 rings (SSSR count). The first kappa shape index (κ1) is 26.1. The number of amides is 2. The van der Waals surface area contributed by atoms with Crippen LogP contribution in [0.4, 0.5) is 5.95 Å². The fourth-order valence-corrected chi connectivity index (χ4v) is 5.28. The molecule has 2 amide bonds. The maximum Gasteiger partial charge on any atom is 0.255 e. The minimum absolute atomic E-state index is 0.242. The number of anilines is 1. The zero-order chi connectivity index (χ0) is 26.8. The average molecular weight is 535 g/mol. The highest BCUT2D eigenvalue weighted by atomic mass is 35.5. The van der Waals surface area contributed by atoms with Gasteiger partial charge in [0, 0.05) is 29.4 Å². The first-order valence-corrected chi connectivity index (χ1v) is 13.3. The number of halogens is 1. The van der Waals surface area contributed by atoms with E-state index in [0.717, 1.165) is 24.1 Å². The number of carbonyl (C=O) groups excluding carboxylic acids is 2. The van der Waals surface area contributed by atoms with Crippen LogP contribution >= 0.6 is 11.6 Å². The molecule has 3 N–H and O–H groups in total. The first-order chi connectivity index (χ1) is 18.3. The summed E-state index contributed by atoms with van der Waals surface area (Å²) in [5.74, 6) is -0.0833. The van der Waals surface area contributed by atoms with E-state index in [4.69, 9.17) is 11.6 Å². The first-order valence-electron chi connectivity index (χ1n) is 12.9. The summed E-state index contributed by atoms with van der Waals surface area (Å²) in [6.07, 6.45) is 6.16. The van der Waals surface area contributed by atoms with Gasteiger partial charge in [0.15, 0.2) is 0 Å². The molecule has 0 spiro atoms. The van der Waals surface area contributed by atoms with Gasteiger partial charge in [-0.05, 0) is 50.5 Å². The van der Waals surface area contributed by atoms with Crippen LogP contribution in [0.3, 0.4) is 0 Å². The van der Waals surface area contributed by atoms with Crippen LogP contribution < -0.4 is 10.6 Å². The predicted molar refractivity (Wildman–Crippen MR) is 145 cm³/mol. The van der Waals surface area contributed by atoms with Crippen molar-refractivity contribution in [3.63, 3.8) is 0 Å². The molecule has 2 atom stereocenters. The third-order valence-corrected chi connectivity index (χ3v) is 7.54. The van der Waals surface area contributed by atoms with E-state index in [1.165, 1.54) is 17.7 Å². The van der Waals surface area contributed by atoms with Gasteiger partial charge in [-0.1, -0.05) is 42.6 Å².